The normalized spacial score (nSPS) is 13.1. The van der Waals surface area contributed by atoms with Gasteiger partial charge in [0.1, 0.15) is 67.3 Å². The number of ether oxygens (including phenoxy) is 4. The van der Waals surface area contributed by atoms with E-state index in [1.807, 2.05) is 0 Å². The number of nitrogens with two attached hydrogens (primary N) is 1. The molecule has 19 N–H and O–H groups in total. The highest BCUT2D eigenvalue weighted by molar-refractivity contribution is 7.81. The van der Waals surface area contributed by atoms with Crippen LogP contribution in [0.15, 0.2) is 85.1 Å². The first-order valence-electron chi connectivity index (χ1n) is 43.3. The van der Waals surface area contributed by atoms with Crippen molar-refractivity contribution in [3.05, 3.63) is 102 Å². The zero-order valence-corrected chi connectivity index (χ0v) is 73.4. The number of hydrogen-bond donors (Lipinski definition) is 18. The Hall–Kier alpha value is -11.7. The summed E-state index contributed by atoms with van der Waals surface area (Å²) in [6.45, 7) is 1.68. The average molecular weight is 1820 g/mol. The second-order valence-electron chi connectivity index (χ2n) is 30.6. The smallest absolute Gasteiger partial charge is 0.446 e. The SMILES string of the molecule is CCCC[C@H](NC(=O)[C@H](Cc1ccc(OS(=O)(=O)O)cc1)NC(=O)[C@H](CC(=O)O)NC(=O)COCCOCCNC(=O)COCCOCCNC(=O)CC[C@H](NC(=O)CCCCCCCCCCCCCCCCC(=O)O)C(=O)O)C(=O)NCC(=O)N[C@@H](Cc1c[nH]c2ccccc12)C(=O)N[C@@H](CCCC)C(=O)N[C@@H](CC(=O)O)C(=O)N[C@@H](Cc1ccccc1)C(N)=O. The van der Waals surface area contributed by atoms with Crippen molar-refractivity contribution in [2.75, 3.05) is 72.5 Å². The summed E-state index contributed by atoms with van der Waals surface area (Å²) < 4.78 is 58.3. The highest BCUT2D eigenvalue weighted by Crippen LogP contribution is 2.22. The Morgan fingerprint density at radius 2 is 0.812 bits per heavy atom. The molecule has 4 aromatic rings. The molecule has 41 nitrogen and oxygen atoms in total. The largest absolute Gasteiger partial charge is 0.481 e. The summed E-state index contributed by atoms with van der Waals surface area (Å²) >= 11 is 0. The summed E-state index contributed by atoms with van der Waals surface area (Å²) in [5.74, 6) is -15.8. The lowest BCUT2D eigenvalue weighted by molar-refractivity contribution is -0.142. The summed E-state index contributed by atoms with van der Waals surface area (Å²) in [4.78, 5) is 212. The van der Waals surface area contributed by atoms with Gasteiger partial charge in [-0.2, -0.15) is 8.42 Å². The number of fused-ring (bicyclic) bond motifs is 1. The summed E-state index contributed by atoms with van der Waals surface area (Å²) in [5.41, 5.74) is 7.60. The lowest BCUT2D eigenvalue weighted by Gasteiger charge is -2.26. The molecule has 1 aromatic heterocycles. The summed E-state index contributed by atoms with van der Waals surface area (Å²) in [5, 5.41) is 66.1. The van der Waals surface area contributed by atoms with Crippen LogP contribution in [0.2, 0.25) is 0 Å². The molecular weight excluding hydrogens is 1700 g/mol. The monoisotopic (exact) mass is 1820 g/mol. The van der Waals surface area contributed by atoms with Crippen LogP contribution in [0.25, 0.3) is 10.9 Å². The maximum absolute atomic E-state index is 14.6. The molecule has 0 aliphatic heterocycles. The van der Waals surface area contributed by atoms with E-state index < -0.39 is 180 Å². The molecule has 710 valence electrons. The zero-order chi connectivity index (χ0) is 94.0. The van der Waals surface area contributed by atoms with Crippen LogP contribution in [0, 0.1) is 0 Å². The Kier molecular flexibility index (Phi) is 53.0. The van der Waals surface area contributed by atoms with E-state index in [9.17, 15) is 105 Å². The van der Waals surface area contributed by atoms with Crippen LogP contribution in [-0.2, 0) is 125 Å². The number of carbonyl (C=O) groups excluding carboxylic acids is 12. The van der Waals surface area contributed by atoms with Gasteiger partial charge in [-0.05, 0) is 67.0 Å². The Labute approximate surface area is 743 Å². The van der Waals surface area contributed by atoms with Gasteiger partial charge in [0.05, 0.1) is 59.0 Å². The Bertz CT molecular complexity index is 4290. The second kappa shape index (κ2) is 62.4. The quantitative estimate of drug-likeness (QED) is 0.0223. The van der Waals surface area contributed by atoms with Crippen LogP contribution in [0.1, 0.15) is 197 Å². The Balaban J connectivity index is 1.25. The first-order chi connectivity index (χ1) is 61.2. The van der Waals surface area contributed by atoms with Crippen molar-refractivity contribution in [3.63, 3.8) is 0 Å². The maximum Gasteiger partial charge on any atom is 0.446 e. The standard InChI is InChI=1S/C86H127N13O28S/c1-3-5-29-63(80(112)91-54-73(102)93-68(50-59-53-90-62-31-25-24-28-61(59)62)83(115)96-64(30-6-4-2)81(113)99-70(52-78(109)110)85(117)97-66(79(87)111)48-57-26-20-19-21-27-57)95-82(114)67(49-58-34-36-60(37-35-58)127-128(120,121)122)98-84(116)69(51-77(107)108)94-75(104)56-126-47-45-124-43-41-89-74(103)55-125-46-44-123-42-40-88-71(100)39-38-65(86(118)119)92-72(101)32-22-17-15-13-11-9-7-8-10-12-14-16-18-23-33-76(105)106/h19-21,24-28,31,34-37,53,63-70,90H,3-18,22-23,29-30,32-33,38-52,54-56H2,1-2H3,(H2,87,111)(H,88,100)(H,89,103)(H,91,112)(H,92,101)(H,93,102)(H,94,104)(H,95,114)(H,96,115)(H,97,117)(H,98,116)(H,99,113)(H,105,106)(H,107,108)(H,109,110)(H,118,119)(H,120,121,122)/t63-,64-,65-,66-,67-,68-,69-,70-/m0/s1. The molecule has 128 heavy (non-hydrogen) atoms. The molecule has 0 aliphatic rings. The number of nitrogens with one attached hydrogen (secondary N) is 12. The van der Waals surface area contributed by atoms with Gasteiger partial charge in [0.2, 0.25) is 70.9 Å². The van der Waals surface area contributed by atoms with E-state index in [4.69, 9.17) is 29.8 Å². The number of hydrogen-bond acceptors (Lipinski definition) is 23. The van der Waals surface area contributed by atoms with Gasteiger partial charge in [-0.3, -0.25) is 76.5 Å². The minimum Gasteiger partial charge on any atom is -0.481 e. The number of carboxylic acids is 4. The third kappa shape index (κ3) is 48.3. The van der Waals surface area contributed by atoms with E-state index in [1.165, 1.54) is 37.8 Å². The number of benzene rings is 3. The van der Waals surface area contributed by atoms with Gasteiger partial charge >= 0.3 is 34.3 Å². The number of rotatable bonds is 72. The van der Waals surface area contributed by atoms with Crippen LogP contribution >= 0.6 is 0 Å². The molecule has 42 heteroatoms. The van der Waals surface area contributed by atoms with Crippen molar-refractivity contribution in [1.82, 2.24) is 63.5 Å². The van der Waals surface area contributed by atoms with Gasteiger partial charge in [-0.1, -0.05) is 177 Å². The molecule has 8 atom stereocenters. The van der Waals surface area contributed by atoms with Crippen molar-refractivity contribution >= 4 is 116 Å². The number of H-pyrrole nitrogens is 1. The number of aliphatic carboxylic acids is 4. The number of carboxylic acid groups (broad SMARTS) is 4. The van der Waals surface area contributed by atoms with Crippen molar-refractivity contribution in [3.8, 4) is 5.75 Å². The van der Waals surface area contributed by atoms with E-state index in [2.05, 4.69) is 67.7 Å². The summed E-state index contributed by atoms with van der Waals surface area (Å²) in [6, 6.07) is 7.84. The van der Waals surface area contributed by atoms with E-state index in [0.29, 0.717) is 47.7 Å². The summed E-state index contributed by atoms with van der Waals surface area (Å²) in [7, 11) is -4.99. The minimum atomic E-state index is -4.99. The van der Waals surface area contributed by atoms with Gasteiger partial charge in [0.15, 0.2) is 0 Å². The van der Waals surface area contributed by atoms with Crippen molar-refractivity contribution in [2.45, 2.75) is 248 Å². The molecule has 0 saturated carbocycles. The molecule has 0 radical (unpaired) electrons. The zero-order valence-electron chi connectivity index (χ0n) is 72.6. The Morgan fingerprint density at radius 3 is 1.34 bits per heavy atom. The molecule has 0 aliphatic carbocycles. The molecule has 0 fully saturated rings. The lowest BCUT2D eigenvalue weighted by atomic mass is 10.0. The number of para-hydroxylation sites is 1. The molecule has 12 amide bonds. The van der Waals surface area contributed by atoms with Crippen LogP contribution in [-0.4, -0.2) is 254 Å². The van der Waals surface area contributed by atoms with Crippen molar-refractivity contribution in [2.24, 2.45) is 5.73 Å². The number of unbranched alkanes of at least 4 members (excludes halogenated alkanes) is 15. The van der Waals surface area contributed by atoms with Crippen molar-refractivity contribution in [1.29, 1.82) is 0 Å². The predicted molar refractivity (Wildman–Crippen MR) is 463 cm³/mol. The molecule has 0 saturated heterocycles. The predicted octanol–water partition coefficient (Wildman–Crippen LogP) is 2.68. The fourth-order valence-electron chi connectivity index (χ4n) is 13.2. The minimum absolute atomic E-state index is 0.00927. The first-order valence-corrected chi connectivity index (χ1v) is 44.6. The number of carbonyl (C=O) groups is 16. The first kappa shape index (κ1) is 109. The van der Waals surface area contributed by atoms with Gasteiger partial charge in [-0.15, -0.1) is 0 Å². The van der Waals surface area contributed by atoms with Gasteiger partial charge in [-0.25, -0.2) is 4.79 Å². The lowest BCUT2D eigenvalue weighted by Crippen LogP contribution is -2.59. The molecule has 0 unspecified atom stereocenters. The second-order valence-corrected chi connectivity index (χ2v) is 31.7. The van der Waals surface area contributed by atoms with E-state index in [-0.39, 0.29) is 134 Å². The average Bonchev–Trinajstić information content (AvgIpc) is 1.60. The van der Waals surface area contributed by atoms with Gasteiger partial charge in [0, 0.05) is 68.7 Å². The van der Waals surface area contributed by atoms with Gasteiger partial charge < -0.3 is 113 Å². The number of aromatic nitrogens is 1. The molecule has 3 aromatic carbocycles. The molecule has 0 bridgehead atoms. The topological polar surface area (TPSA) is 629 Å². The molecule has 1 heterocycles. The number of primary amides is 1. The van der Waals surface area contributed by atoms with E-state index in [0.717, 1.165) is 69.9 Å². The van der Waals surface area contributed by atoms with E-state index >= 15 is 0 Å². The fourth-order valence-corrected chi connectivity index (χ4v) is 13.6. The van der Waals surface area contributed by atoms with Crippen molar-refractivity contribution < 1.29 is 133 Å². The van der Waals surface area contributed by atoms with Gasteiger partial charge in [0.25, 0.3) is 0 Å². The van der Waals surface area contributed by atoms with Crippen LogP contribution in [0.5, 0.6) is 5.75 Å². The molecule has 0 spiro atoms. The van der Waals surface area contributed by atoms with E-state index in [1.54, 1.807) is 74.6 Å². The Morgan fingerprint density at radius 1 is 0.383 bits per heavy atom. The van der Waals surface area contributed by atoms with Crippen LogP contribution < -0.4 is 68.4 Å². The highest BCUT2D eigenvalue weighted by atomic mass is 32.3. The number of aromatic amines is 1. The third-order valence-electron chi connectivity index (χ3n) is 20.0. The molecule has 4 rings (SSSR count). The van der Waals surface area contributed by atoms with Crippen LogP contribution in [0.3, 0.4) is 0 Å². The fraction of sp³-hybridized carbons (Fsp3) is 0.581. The maximum atomic E-state index is 14.6. The summed E-state index contributed by atoms with van der Waals surface area (Å²) in [6.07, 6.45) is 14.9. The third-order valence-corrected chi connectivity index (χ3v) is 20.4. The highest BCUT2D eigenvalue weighted by Gasteiger charge is 2.35. The van der Waals surface area contributed by atoms with Crippen LogP contribution in [0.4, 0.5) is 0 Å². The number of amides is 12. The molecular formula is C86H127N13O28S.